The van der Waals surface area contributed by atoms with Gasteiger partial charge in [-0.15, -0.1) is 0 Å². The van der Waals surface area contributed by atoms with Crippen molar-refractivity contribution >= 4 is 11.6 Å². The maximum atomic E-state index is 13.6. The number of carbonyl (C=O) groups is 1. The van der Waals surface area contributed by atoms with E-state index in [0.717, 1.165) is 62.1 Å². The monoisotopic (exact) mass is 446 g/mol. The van der Waals surface area contributed by atoms with Crippen LogP contribution >= 0.6 is 0 Å². The van der Waals surface area contributed by atoms with Gasteiger partial charge in [-0.3, -0.25) is 9.69 Å². The van der Waals surface area contributed by atoms with Gasteiger partial charge in [0, 0.05) is 30.9 Å². The van der Waals surface area contributed by atoms with Gasteiger partial charge >= 0.3 is 0 Å². The van der Waals surface area contributed by atoms with E-state index in [2.05, 4.69) is 11.0 Å². The van der Waals surface area contributed by atoms with E-state index in [9.17, 15) is 9.18 Å². The Morgan fingerprint density at radius 2 is 1.67 bits per heavy atom. The summed E-state index contributed by atoms with van der Waals surface area (Å²) in [6, 6.07) is 22.3. The lowest BCUT2D eigenvalue weighted by Crippen LogP contribution is -2.33. The maximum absolute atomic E-state index is 13.6. The number of ether oxygens (including phenoxy) is 1. The third kappa shape index (κ3) is 5.99. The quantitative estimate of drug-likeness (QED) is 0.489. The van der Waals surface area contributed by atoms with Crippen LogP contribution in [0.1, 0.15) is 47.2 Å². The second-order valence-electron chi connectivity index (χ2n) is 8.57. The first-order chi connectivity index (χ1) is 16.1. The van der Waals surface area contributed by atoms with Crippen LogP contribution in [0.25, 0.3) is 0 Å². The molecule has 3 aromatic rings. The van der Waals surface area contributed by atoms with Gasteiger partial charge in [-0.2, -0.15) is 0 Å². The normalized spacial score (nSPS) is 15.4. The van der Waals surface area contributed by atoms with Crippen molar-refractivity contribution in [1.82, 2.24) is 4.90 Å². The molecule has 172 valence electrons. The molecule has 0 atom stereocenters. The summed E-state index contributed by atoms with van der Waals surface area (Å²) in [5.74, 6) is 0.455. The second kappa shape index (κ2) is 11.1. The van der Waals surface area contributed by atoms with Gasteiger partial charge in [-0.05, 0) is 66.9 Å². The Hall–Kier alpha value is -3.18. The number of nitrogens with zero attached hydrogens (tertiary/aromatic N) is 2. The Morgan fingerprint density at radius 3 is 2.45 bits per heavy atom. The molecule has 0 bridgehead atoms. The van der Waals surface area contributed by atoms with Gasteiger partial charge in [0.1, 0.15) is 11.6 Å². The summed E-state index contributed by atoms with van der Waals surface area (Å²) < 4.78 is 18.7. The Labute approximate surface area is 195 Å². The highest BCUT2D eigenvalue weighted by Gasteiger charge is 2.22. The van der Waals surface area contributed by atoms with Gasteiger partial charge in [0.2, 0.25) is 0 Å². The van der Waals surface area contributed by atoms with Crippen LogP contribution < -0.4 is 9.64 Å². The lowest BCUT2D eigenvalue weighted by molar-refractivity contribution is 0.0986. The number of para-hydroxylation sites is 1. The average molecular weight is 447 g/mol. The van der Waals surface area contributed by atoms with Crippen molar-refractivity contribution in [1.29, 1.82) is 0 Å². The number of rotatable bonds is 4. The first-order valence-electron chi connectivity index (χ1n) is 11.6. The number of anilines is 1. The molecular formula is C28H31FN2O2. The van der Waals surface area contributed by atoms with Crippen LogP contribution in [0.4, 0.5) is 10.1 Å². The lowest BCUT2D eigenvalue weighted by Gasteiger charge is -2.28. The predicted molar refractivity (Wildman–Crippen MR) is 130 cm³/mol. The molecule has 0 aromatic heterocycles. The molecule has 0 fully saturated rings. The molecule has 4 nitrogen and oxygen atoms in total. The van der Waals surface area contributed by atoms with Gasteiger partial charge in [0.25, 0.3) is 5.91 Å². The molecule has 1 heterocycles. The van der Waals surface area contributed by atoms with Gasteiger partial charge in [-0.1, -0.05) is 49.2 Å². The first kappa shape index (κ1) is 23.0. The van der Waals surface area contributed by atoms with Crippen LogP contribution in [-0.4, -0.2) is 31.0 Å². The van der Waals surface area contributed by atoms with E-state index >= 15 is 0 Å². The van der Waals surface area contributed by atoms with Crippen molar-refractivity contribution in [2.24, 2.45) is 0 Å². The topological polar surface area (TPSA) is 32.8 Å². The van der Waals surface area contributed by atoms with Crippen molar-refractivity contribution < 1.29 is 13.9 Å². The molecule has 0 unspecified atom stereocenters. The minimum Gasteiger partial charge on any atom is -0.497 e. The molecule has 1 aliphatic rings. The zero-order chi connectivity index (χ0) is 23.0. The average Bonchev–Trinajstić information content (AvgIpc) is 2.88. The first-order valence-corrected chi connectivity index (χ1v) is 11.6. The minimum atomic E-state index is -0.215. The van der Waals surface area contributed by atoms with Gasteiger partial charge < -0.3 is 9.64 Å². The fraction of sp³-hybridized carbons (Fsp3) is 0.321. The molecular weight excluding hydrogens is 415 g/mol. The summed E-state index contributed by atoms with van der Waals surface area (Å²) in [5, 5.41) is 0. The molecule has 4 rings (SSSR count). The highest BCUT2D eigenvalue weighted by Crippen LogP contribution is 2.27. The van der Waals surface area contributed by atoms with E-state index < -0.39 is 0 Å². The van der Waals surface area contributed by atoms with Crippen molar-refractivity contribution in [2.45, 2.75) is 38.8 Å². The number of benzene rings is 3. The van der Waals surface area contributed by atoms with E-state index in [4.69, 9.17) is 4.74 Å². The molecule has 5 heteroatoms. The summed E-state index contributed by atoms with van der Waals surface area (Å²) in [5.41, 5.74) is 3.80. The number of amides is 1. The maximum Gasteiger partial charge on any atom is 0.258 e. The smallest absolute Gasteiger partial charge is 0.258 e. The van der Waals surface area contributed by atoms with Crippen molar-refractivity contribution in [3.05, 3.63) is 95.3 Å². The molecule has 1 amide bonds. The van der Waals surface area contributed by atoms with Gasteiger partial charge in [0.15, 0.2) is 0 Å². The van der Waals surface area contributed by atoms with E-state index in [0.29, 0.717) is 17.9 Å². The highest BCUT2D eigenvalue weighted by molar-refractivity contribution is 6.06. The highest BCUT2D eigenvalue weighted by atomic mass is 19.1. The second-order valence-corrected chi connectivity index (χ2v) is 8.57. The fourth-order valence-corrected chi connectivity index (χ4v) is 4.41. The van der Waals surface area contributed by atoms with E-state index in [1.807, 2.05) is 53.4 Å². The van der Waals surface area contributed by atoms with Crippen LogP contribution in [-0.2, 0) is 13.1 Å². The summed E-state index contributed by atoms with van der Waals surface area (Å²) in [6.45, 7) is 3.13. The zero-order valence-corrected chi connectivity index (χ0v) is 19.2. The molecule has 1 aliphatic heterocycles. The molecule has 0 aliphatic carbocycles. The van der Waals surface area contributed by atoms with Crippen LogP contribution in [0.5, 0.6) is 5.75 Å². The van der Waals surface area contributed by atoms with Gasteiger partial charge in [-0.25, -0.2) is 4.39 Å². The summed E-state index contributed by atoms with van der Waals surface area (Å²) >= 11 is 0. The standard InChI is InChI=1S/C28H31FN2O2/c1-33-26-11-8-10-23(19-26)28(32)31-18-7-3-2-6-17-30(20-22-13-15-25(29)16-14-22)21-24-9-4-5-12-27(24)31/h4-5,8-16,19H,2-3,6-7,17-18,20-21H2,1H3. The van der Waals surface area contributed by atoms with Gasteiger partial charge in [0.05, 0.1) is 7.11 Å². The molecule has 33 heavy (non-hydrogen) atoms. The number of methoxy groups -OCH3 is 1. The number of halogens is 1. The Morgan fingerprint density at radius 1 is 0.909 bits per heavy atom. The van der Waals surface area contributed by atoms with E-state index in [1.165, 1.54) is 12.1 Å². The molecule has 0 saturated carbocycles. The van der Waals surface area contributed by atoms with Crippen molar-refractivity contribution in [3.8, 4) is 5.75 Å². The number of hydrogen-bond donors (Lipinski definition) is 0. The summed E-state index contributed by atoms with van der Waals surface area (Å²) in [7, 11) is 1.61. The molecule has 0 saturated heterocycles. The zero-order valence-electron chi connectivity index (χ0n) is 19.2. The lowest BCUT2D eigenvalue weighted by atomic mass is 10.1. The van der Waals surface area contributed by atoms with Crippen molar-refractivity contribution in [3.63, 3.8) is 0 Å². The molecule has 0 radical (unpaired) electrons. The van der Waals surface area contributed by atoms with E-state index in [-0.39, 0.29) is 11.7 Å². The molecule has 0 spiro atoms. The van der Waals surface area contributed by atoms with E-state index in [1.54, 1.807) is 13.2 Å². The third-order valence-corrected chi connectivity index (χ3v) is 6.16. The van der Waals surface area contributed by atoms with Crippen LogP contribution in [0.15, 0.2) is 72.8 Å². The molecule has 0 N–H and O–H groups in total. The number of fused-ring (bicyclic) bond motifs is 1. The largest absolute Gasteiger partial charge is 0.497 e. The Kier molecular flexibility index (Phi) is 7.74. The summed E-state index contributed by atoms with van der Waals surface area (Å²) in [6.07, 6.45) is 4.26. The third-order valence-electron chi connectivity index (χ3n) is 6.16. The van der Waals surface area contributed by atoms with Crippen LogP contribution in [0.3, 0.4) is 0 Å². The molecule has 3 aromatic carbocycles. The SMILES string of the molecule is COc1cccc(C(=O)N2CCCCCCN(Cc3ccc(F)cc3)Cc3ccccc32)c1. The van der Waals surface area contributed by atoms with Crippen LogP contribution in [0, 0.1) is 5.82 Å². The summed E-state index contributed by atoms with van der Waals surface area (Å²) in [4.78, 5) is 17.9. The number of hydrogen-bond acceptors (Lipinski definition) is 3. The van der Waals surface area contributed by atoms with Crippen LogP contribution in [0.2, 0.25) is 0 Å². The minimum absolute atomic E-state index is 0.00863. The number of carbonyl (C=O) groups excluding carboxylic acids is 1. The predicted octanol–water partition coefficient (Wildman–Crippen LogP) is 6.06. The Balaban J connectivity index is 1.64. The Bertz CT molecular complexity index is 1070. The van der Waals surface area contributed by atoms with Crippen molar-refractivity contribution in [2.75, 3.05) is 25.1 Å². The fourth-order valence-electron chi connectivity index (χ4n) is 4.41.